The summed E-state index contributed by atoms with van der Waals surface area (Å²) in [7, 11) is 1.83. The summed E-state index contributed by atoms with van der Waals surface area (Å²) >= 11 is 1.42. The molecule has 1 aromatic heterocycles. The molecule has 3 aromatic rings. The first kappa shape index (κ1) is 18.2. The fraction of sp³-hybridized carbons (Fsp3) is 0.250. The number of para-hydroxylation sites is 1. The molecule has 0 unspecified atom stereocenters. The van der Waals surface area contributed by atoms with Crippen molar-refractivity contribution in [3.8, 4) is 5.69 Å². The SMILES string of the molecule is Cc1ccccc1-n1c(C)nnc1SCC(=O)N(C)Cc1ccccc1. The van der Waals surface area contributed by atoms with E-state index in [2.05, 4.69) is 23.2 Å². The van der Waals surface area contributed by atoms with E-state index in [4.69, 9.17) is 0 Å². The monoisotopic (exact) mass is 366 g/mol. The summed E-state index contributed by atoms with van der Waals surface area (Å²) in [6.07, 6.45) is 0. The molecule has 0 radical (unpaired) electrons. The van der Waals surface area contributed by atoms with E-state index >= 15 is 0 Å². The third-order valence-electron chi connectivity index (χ3n) is 4.16. The van der Waals surface area contributed by atoms with Crippen molar-refractivity contribution >= 4 is 17.7 Å². The van der Waals surface area contributed by atoms with Gasteiger partial charge in [0.1, 0.15) is 5.82 Å². The normalized spacial score (nSPS) is 10.7. The van der Waals surface area contributed by atoms with E-state index in [0.29, 0.717) is 12.3 Å². The Bertz CT molecular complexity index is 892. The number of aromatic nitrogens is 3. The molecule has 0 saturated carbocycles. The van der Waals surface area contributed by atoms with E-state index < -0.39 is 0 Å². The van der Waals surface area contributed by atoms with Crippen molar-refractivity contribution in [2.75, 3.05) is 12.8 Å². The highest BCUT2D eigenvalue weighted by molar-refractivity contribution is 7.99. The molecule has 26 heavy (non-hydrogen) atoms. The maximum Gasteiger partial charge on any atom is 0.233 e. The number of carbonyl (C=O) groups is 1. The molecule has 134 valence electrons. The summed E-state index contributed by atoms with van der Waals surface area (Å²) in [5.74, 6) is 1.20. The molecule has 0 atom stereocenters. The zero-order chi connectivity index (χ0) is 18.5. The Labute approximate surface area is 158 Å². The van der Waals surface area contributed by atoms with Gasteiger partial charge in [-0.25, -0.2) is 0 Å². The van der Waals surface area contributed by atoms with Crippen LogP contribution in [-0.4, -0.2) is 38.4 Å². The highest BCUT2D eigenvalue weighted by Gasteiger charge is 2.16. The first-order valence-electron chi connectivity index (χ1n) is 8.45. The highest BCUT2D eigenvalue weighted by atomic mass is 32.2. The quantitative estimate of drug-likeness (QED) is 0.625. The number of amides is 1. The second kappa shape index (κ2) is 8.19. The van der Waals surface area contributed by atoms with Crippen LogP contribution < -0.4 is 0 Å². The summed E-state index contributed by atoms with van der Waals surface area (Å²) in [5.41, 5.74) is 3.31. The lowest BCUT2D eigenvalue weighted by Crippen LogP contribution is -2.27. The average Bonchev–Trinajstić information content (AvgIpc) is 3.01. The van der Waals surface area contributed by atoms with E-state index in [1.54, 1.807) is 4.90 Å². The molecule has 0 aliphatic heterocycles. The number of rotatable bonds is 6. The van der Waals surface area contributed by atoms with E-state index in [1.807, 2.05) is 67.1 Å². The molecule has 0 aliphatic carbocycles. The Morgan fingerprint density at radius 2 is 1.73 bits per heavy atom. The van der Waals surface area contributed by atoms with Crippen molar-refractivity contribution in [1.82, 2.24) is 19.7 Å². The molecule has 0 spiro atoms. The van der Waals surface area contributed by atoms with E-state index in [-0.39, 0.29) is 5.91 Å². The number of thioether (sulfide) groups is 1. The van der Waals surface area contributed by atoms with Crippen molar-refractivity contribution in [3.63, 3.8) is 0 Å². The minimum Gasteiger partial charge on any atom is -0.341 e. The van der Waals surface area contributed by atoms with Gasteiger partial charge < -0.3 is 4.90 Å². The molecule has 6 heteroatoms. The molecule has 1 amide bonds. The summed E-state index contributed by atoms with van der Waals surface area (Å²) in [6.45, 7) is 4.58. The van der Waals surface area contributed by atoms with Crippen LogP contribution in [0.15, 0.2) is 59.8 Å². The fourth-order valence-corrected chi connectivity index (χ4v) is 3.64. The topological polar surface area (TPSA) is 51.0 Å². The van der Waals surface area contributed by atoms with Crippen molar-refractivity contribution in [2.24, 2.45) is 0 Å². The molecule has 1 heterocycles. The highest BCUT2D eigenvalue weighted by Crippen LogP contribution is 2.24. The zero-order valence-corrected chi connectivity index (χ0v) is 16.0. The van der Waals surface area contributed by atoms with Crippen molar-refractivity contribution in [3.05, 3.63) is 71.5 Å². The van der Waals surface area contributed by atoms with Crippen LogP contribution in [0, 0.1) is 13.8 Å². The Balaban J connectivity index is 1.69. The summed E-state index contributed by atoms with van der Waals surface area (Å²) in [6, 6.07) is 18.1. The Morgan fingerprint density at radius 3 is 2.46 bits per heavy atom. The molecular weight excluding hydrogens is 344 g/mol. The van der Waals surface area contributed by atoms with E-state index in [9.17, 15) is 4.79 Å². The molecule has 0 fully saturated rings. The molecule has 5 nitrogen and oxygen atoms in total. The summed E-state index contributed by atoms with van der Waals surface area (Å²) in [5, 5.41) is 9.18. The van der Waals surface area contributed by atoms with Gasteiger partial charge >= 0.3 is 0 Å². The van der Waals surface area contributed by atoms with Crippen molar-refractivity contribution < 1.29 is 4.79 Å². The number of aryl methyl sites for hydroxylation is 2. The largest absolute Gasteiger partial charge is 0.341 e. The van der Waals surface area contributed by atoms with Gasteiger partial charge in [0.25, 0.3) is 0 Å². The van der Waals surface area contributed by atoms with Crippen LogP contribution in [0.2, 0.25) is 0 Å². The lowest BCUT2D eigenvalue weighted by atomic mass is 10.2. The smallest absolute Gasteiger partial charge is 0.233 e. The molecule has 0 bridgehead atoms. The van der Waals surface area contributed by atoms with Crippen LogP contribution in [0.5, 0.6) is 0 Å². The predicted molar refractivity (Wildman–Crippen MR) is 104 cm³/mol. The van der Waals surface area contributed by atoms with Gasteiger partial charge in [-0.3, -0.25) is 9.36 Å². The van der Waals surface area contributed by atoms with Crippen LogP contribution >= 0.6 is 11.8 Å². The number of hydrogen-bond donors (Lipinski definition) is 0. The third kappa shape index (κ3) is 4.14. The summed E-state index contributed by atoms with van der Waals surface area (Å²) in [4.78, 5) is 14.2. The molecule has 0 aliphatic rings. The van der Waals surface area contributed by atoms with Crippen LogP contribution in [0.3, 0.4) is 0 Å². The number of benzene rings is 2. The number of hydrogen-bond acceptors (Lipinski definition) is 4. The minimum absolute atomic E-state index is 0.0656. The second-order valence-corrected chi connectivity index (χ2v) is 7.12. The first-order chi connectivity index (χ1) is 12.6. The van der Waals surface area contributed by atoms with Crippen LogP contribution in [0.25, 0.3) is 5.69 Å². The van der Waals surface area contributed by atoms with Crippen LogP contribution in [0.1, 0.15) is 17.0 Å². The van der Waals surface area contributed by atoms with Gasteiger partial charge in [-0.1, -0.05) is 60.3 Å². The Hall–Kier alpha value is -2.60. The van der Waals surface area contributed by atoms with Gasteiger partial charge in [-0.05, 0) is 31.0 Å². The average molecular weight is 366 g/mol. The summed E-state index contributed by atoms with van der Waals surface area (Å²) < 4.78 is 2.00. The lowest BCUT2D eigenvalue weighted by molar-refractivity contribution is -0.127. The maximum absolute atomic E-state index is 12.5. The lowest BCUT2D eigenvalue weighted by Gasteiger charge is -2.17. The molecule has 0 saturated heterocycles. The van der Waals surface area contributed by atoms with Crippen LogP contribution in [0.4, 0.5) is 0 Å². The molecule has 2 aromatic carbocycles. The van der Waals surface area contributed by atoms with Gasteiger partial charge in [0.15, 0.2) is 5.16 Å². The fourth-order valence-electron chi connectivity index (χ4n) is 2.71. The van der Waals surface area contributed by atoms with Crippen molar-refractivity contribution in [1.29, 1.82) is 0 Å². The molecular formula is C20H22N4OS. The number of carbonyl (C=O) groups excluding carboxylic acids is 1. The zero-order valence-electron chi connectivity index (χ0n) is 15.2. The van der Waals surface area contributed by atoms with Gasteiger partial charge in [-0.2, -0.15) is 0 Å². The van der Waals surface area contributed by atoms with Crippen molar-refractivity contribution in [2.45, 2.75) is 25.5 Å². The maximum atomic E-state index is 12.5. The van der Waals surface area contributed by atoms with Crippen LogP contribution in [-0.2, 0) is 11.3 Å². The van der Waals surface area contributed by atoms with E-state index in [0.717, 1.165) is 27.8 Å². The second-order valence-electron chi connectivity index (χ2n) is 6.18. The van der Waals surface area contributed by atoms with Gasteiger partial charge in [0, 0.05) is 13.6 Å². The van der Waals surface area contributed by atoms with Gasteiger partial charge in [-0.15, -0.1) is 10.2 Å². The standard InChI is InChI=1S/C20H22N4OS/c1-15-9-7-8-12-18(15)24-16(2)21-22-20(24)26-14-19(25)23(3)13-17-10-5-4-6-11-17/h4-12H,13-14H2,1-3H3. The predicted octanol–water partition coefficient (Wildman–Crippen LogP) is 3.63. The third-order valence-corrected chi connectivity index (χ3v) is 5.08. The molecule has 0 N–H and O–H groups in total. The Morgan fingerprint density at radius 1 is 1.04 bits per heavy atom. The number of nitrogens with zero attached hydrogens (tertiary/aromatic N) is 4. The van der Waals surface area contributed by atoms with E-state index in [1.165, 1.54) is 11.8 Å². The van der Waals surface area contributed by atoms with Gasteiger partial charge in [0.05, 0.1) is 11.4 Å². The van der Waals surface area contributed by atoms with Gasteiger partial charge in [0.2, 0.25) is 5.91 Å². The Kier molecular flexibility index (Phi) is 5.73. The minimum atomic E-state index is 0.0656. The first-order valence-corrected chi connectivity index (χ1v) is 9.43. The molecule has 3 rings (SSSR count).